The average molecular weight is 297 g/mol. The van der Waals surface area contributed by atoms with E-state index in [0.717, 1.165) is 36.6 Å². The van der Waals surface area contributed by atoms with E-state index < -0.39 is 0 Å². The Morgan fingerprint density at radius 2 is 1.77 bits per heavy atom. The number of hydrogen-bond acceptors (Lipinski definition) is 4. The summed E-state index contributed by atoms with van der Waals surface area (Å²) in [6.07, 6.45) is 1.77. The normalized spacial score (nSPS) is 11.7. The summed E-state index contributed by atoms with van der Waals surface area (Å²) in [5, 5.41) is 4.33. The highest BCUT2D eigenvalue weighted by atomic mass is 16.6. The van der Waals surface area contributed by atoms with Crippen LogP contribution < -0.4 is 0 Å². The molecule has 4 heteroatoms. The smallest absolute Gasteiger partial charge is 0.135 e. The Kier molecular flexibility index (Phi) is 6.58. The Balaban J connectivity index is 2.10. The third kappa shape index (κ3) is 4.67. The molecule has 0 saturated heterocycles. The molecular formula is C18H23N3O. The zero-order chi connectivity index (χ0) is 15.6. The summed E-state index contributed by atoms with van der Waals surface area (Å²) >= 11 is 0. The van der Waals surface area contributed by atoms with Crippen molar-refractivity contribution in [3.05, 3.63) is 66.0 Å². The van der Waals surface area contributed by atoms with Gasteiger partial charge in [0.05, 0.1) is 5.69 Å². The summed E-state index contributed by atoms with van der Waals surface area (Å²) in [7, 11) is 0. The Bertz CT molecular complexity index is 524. The molecule has 0 aliphatic heterocycles. The van der Waals surface area contributed by atoms with Gasteiger partial charge in [0, 0.05) is 18.3 Å². The van der Waals surface area contributed by atoms with Crippen LogP contribution in [0.4, 0.5) is 0 Å². The zero-order valence-corrected chi connectivity index (χ0v) is 13.3. The molecule has 116 valence electrons. The average Bonchev–Trinajstić information content (AvgIpc) is 2.60. The zero-order valence-electron chi connectivity index (χ0n) is 13.3. The van der Waals surface area contributed by atoms with Crippen molar-refractivity contribution in [2.75, 3.05) is 26.2 Å². The van der Waals surface area contributed by atoms with Crippen LogP contribution in [0.3, 0.4) is 0 Å². The fourth-order valence-electron chi connectivity index (χ4n) is 2.17. The van der Waals surface area contributed by atoms with Crippen molar-refractivity contribution in [1.82, 2.24) is 9.88 Å². The fourth-order valence-corrected chi connectivity index (χ4v) is 2.17. The van der Waals surface area contributed by atoms with Gasteiger partial charge < -0.3 is 9.74 Å². The summed E-state index contributed by atoms with van der Waals surface area (Å²) < 4.78 is 0. The molecule has 0 N–H and O–H groups in total. The topological polar surface area (TPSA) is 37.7 Å². The minimum atomic E-state index is 0.574. The van der Waals surface area contributed by atoms with Crippen molar-refractivity contribution in [2.24, 2.45) is 5.16 Å². The van der Waals surface area contributed by atoms with Crippen molar-refractivity contribution < 1.29 is 4.84 Å². The fraction of sp³-hybridized carbons (Fsp3) is 0.333. The van der Waals surface area contributed by atoms with Crippen molar-refractivity contribution >= 4 is 5.71 Å². The van der Waals surface area contributed by atoms with Crippen LogP contribution in [-0.2, 0) is 4.84 Å². The number of hydrogen-bond donors (Lipinski definition) is 0. The molecule has 2 aromatic rings. The molecule has 1 aromatic carbocycles. The van der Waals surface area contributed by atoms with E-state index in [-0.39, 0.29) is 0 Å². The van der Waals surface area contributed by atoms with Crippen LogP contribution in [0.1, 0.15) is 25.1 Å². The van der Waals surface area contributed by atoms with Crippen molar-refractivity contribution in [3.8, 4) is 0 Å². The molecule has 0 aliphatic carbocycles. The van der Waals surface area contributed by atoms with Gasteiger partial charge in [0.15, 0.2) is 0 Å². The van der Waals surface area contributed by atoms with Gasteiger partial charge in [0.1, 0.15) is 12.3 Å². The summed E-state index contributed by atoms with van der Waals surface area (Å²) in [5.74, 6) is 0. The molecular weight excluding hydrogens is 274 g/mol. The SMILES string of the molecule is CCN(CC)CCO/N=C(/c1ccccc1)c1ccccn1. The van der Waals surface area contributed by atoms with E-state index in [1.807, 2.05) is 48.5 Å². The van der Waals surface area contributed by atoms with E-state index in [2.05, 4.69) is 28.9 Å². The molecule has 0 spiro atoms. The lowest BCUT2D eigenvalue weighted by molar-refractivity contribution is 0.114. The lowest BCUT2D eigenvalue weighted by Crippen LogP contribution is -2.26. The molecule has 0 bridgehead atoms. The van der Waals surface area contributed by atoms with E-state index in [0.29, 0.717) is 6.61 Å². The highest BCUT2D eigenvalue weighted by molar-refractivity contribution is 6.11. The molecule has 0 radical (unpaired) electrons. The minimum absolute atomic E-state index is 0.574. The van der Waals surface area contributed by atoms with Gasteiger partial charge in [-0.05, 0) is 25.2 Å². The van der Waals surface area contributed by atoms with E-state index in [1.54, 1.807) is 6.20 Å². The first kappa shape index (κ1) is 16.2. The molecule has 1 aromatic heterocycles. The summed E-state index contributed by atoms with van der Waals surface area (Å²) in [5.41, 5.74) is 2.58. The number of likely N-dealkylation sites (N-methyl/N-ethyl adjacent to an activating group) is 1. The molecule has 2 rings (SSSR count). The summed E-state index contributed by atoms with van der Waals surface area (Å²) in [4.78, 5) is 12.2. The second kappa shape index (κ2) is 8.95. The molecule has 4 nitrogen and oxygen atoms in total. The standard InChI is InChI=1S/C18H23N3O/c1-3-21(4-2)14-15-22-20-18(16-10-6-5-7-11-16)17-12-8-9-13-19-17/h5-13H,3-4,14-15H2,1-2H3/b20-18-. The van der Waals surface area contributed by atoms with E-state index in [4.69, 9.17) is 4.84 Å². The lowest BCUT2D eigenvalue weighted by atomic mass is 10.1. The van der Waals surface area contributed by atoms with Gasteiger partial charge in [0.25, 0.3) is 0 Å². The number of aromatic nitrogens is 1. The van der Waals surface area contributed by atoms with Crippen LogP contribution in [0.25, 0.3) is 0 Å². The van der Waals surface area contributed by atoms with Gasteiger partial charge >= 0.3 is 0 Å². The molecule has 1 heterocycles. The predicted molar refractivity (Wildman–Crippen MR) is 90.1 cm³/mol. The van der Waals surface area contributed by atoms with Gasteiger partial charge in [-0.3, -0.25) is 4.98 Å². The highest BCUT2D eigenvalue weighted by Gasteiger charge is 2.08. The molecule has 0 saturated carbocycles. The second-order valence-corrected chi connectivity index (χ2v) is 4.88. The molecule has 22 heavy (non-hydrogen) atoms. The van der Waals surface area contributed by atoms with Crippen LogP contribution >= 0.6 is 0 Å². The van der Waals surface area contributed by atoms with Crippen molar-refractivity contribution in [2.45, 2.75) is 13.8 Å². The van der Waals surface area contributed by atoms with Crippen LogP contribution in [0.2, 0.25) is 0 Å². The Hall–Kier alpha value is -2.20. The largest absolute Gasteiger partial charge is 0.394 e. The van der Waals surface area contributed by atoms with E-state index >= 15 is 0 Å². The molecule has 0 amide bonds. The molecule has 0 atom stereocenters. The van der Waals surface area contributed by atoms with Gasteiger partial charge in [-0.25, -0.2) is 0 Å². The minimum Gasteiger partial charge on any atom is -0.394 e. The van der Waals surface area contributed by atoms with Crippen LogP contribution in [0, 0.1) is 0 Å². The first-order valence-electron chi connectivity index (χ1n) is 7.74. The highest BCUT2D eigenvalue weighted by Crippen LogP contribution is 2.09. The monoisotopic (exact) mass is 297 g/mol. The van der Waals surface area contributed by atoms with Gasteiger partial charge in [-0.1, -0.05) is 55.4 Å². The number of oxime groups is 1. The first-order chi connectivity index (χ1) is 10.8. The van der Waals surface area contributed by atoms with Gasteiger partial charge in [-0.15, -0.1) is 0 Å². The number of pyridine rings is 1. The van der Waals surface area contributed by atoms with Gasteiger partial charge in [-0.2, -0.15) is 0 Å². The summed E-state index contributed by atoms with van der Waals surface area (Å²) in [6.45, 7) is 7.79. The number of benzene rings is 1. The Morgan fingerprint density at radius 3 is 2.41 bits per heavy atom. The Labute approximate surface area is 132 Å². The second-order valence-electron chi connectivity index (χ2n) is 4.88. The van der Waals surface area contributed by atoms with Gasteiger partial charge in [0.2, 0.25) is 0 Å². The van der Waals surface area contributed by atoms with Crippen LogP contribution in [0.5, 0.6) is 0 Å². The summed E-state index contributed by atoms with van der Waals surface area (Å²) in [6, 6.07) is 15.8. The number of nitrogens with zero attached hydrogens (tertiary/aromatic N) is 3. The maximum Gasteiger partial charge on any atom is 0.135 e. The predicted octanol–water partition coefficient (Wildman–Crippen LogP) is 3.19. The van der Waals surface area contributed by atoms with Crippen LogP contribution in [-0.4, -0.2) is 41.8 Å². The maximum atomic E-state index is 5.55. The van der Waals surface area contributed by atoms with Crippen LogP contribution in [0.15, 0.2) is 59.9 Å². The number of rotatable bonds is 8. The molecule has 0 fully saturated rings. The van der Waals surface area contributed by atoms with E-state index in [1.165, 1.54) is 0 Å². The third-order valence-corrected chi connectivity index (χ3v) is 3.50. The Morgan fingerprint density at radius 1 is 1.05 bits per heavy atom. The molecule has 0 aliphatic rings. The molecule has 0 unspecified atom stereocenters. The van der Waals surface area contributed by atoms with Crippen molar-refractivity contribution in [3.63, 3.8) is 0 Å². The first-order valence-corrected chi connectivity index (χ1v) is 7.74. The third-order valence-electron chi connectivity index (χ3n) is 3.50. The van der Waals surface area contributed by atoms with E-state index in [9.17, 15) is 0 Å². The van der Waals surface area contributed by atoms with Crippen molar-refractivity contribution in [1.29, 1.82) is 0 Å². The lowest BCUT2D eigenvalue weighted by Gasteiger charge is -2.16. The maximum absolute atomic E-state index is 5.55. The quantitative estimate of drug-likeness (QED) is 0.426.